The van der Waals surface area contributed by atoms with Gasteiger partial charge in [0, 0.05) is 42.0 Å². The third-order valence-corrected chi connectivity index (χ3v) is 6.41. The first-order valence-corrected chi connectivity index (χ1v) is 10.9. The molecular weight excluding hydrogens is 394 g/mol. The maximum Gasteiger partial charge on any atom is 0.222 e. The van der Waals surface area contributed by atoms with Crippen molar-refractivity contribution in [1.82, 2.24) is 15.0 Å². The van der Waals surface area contributed by atoms with E-state index in [2.05, 4.69) is 27.4 Å². The van der Waals surface area contributed by atoms with Gasteiger partial charge in [-0.25, -0.2) is 9.97 Å². The number of benzene rings is 1. The lowest BCUT2D eigenvalue weighted by Gasteiger charge is -2.32. The van der Waals surface area contributed by atoms with Crippen molar-refractivity contribution in [1.29, 1.82) is 0 Å². The van der Waals surface area contributed by atoms with E-state index in [1.807, 2.05) is 30.3 Å². The van der Waals surface area contributed by atoms with Crippen molar-refractivity contribution in [2.45, 2.75) is 12.8 Å². The molecular formula is C23H21N5OS. The van der Waals surface area contributed by atoms with Crippen LogP contribution in [0.1, 0.15) is 12.8 Å². The number of aromatic nitrogens is 3. The second kappa shape index (κ2) is 7.84. The minimum absolute atomic E-state index is 0.163. The zero-order valence-electron chi connectivity index (χ0n) is 16.4. The molecule has 1 fully saturated rings. The Morgan fingerprint density at radius 3 is 2.70 bits per heavy atom. The smallest absolute Gasteiger partial charge is 0.222 e. The fraction of sp³-hybridized carbons (Fsp3) is 0.217. The van der Waals surface area contributed by atoms with Gasteiger partial charge in [0.05, 0.1) is 11.3 Å². The monoisotopic (exact) mass is 415 g/mol. The van der Waals surface area contributed by atoms with Crippen LogP contribution < -0.4 is 10.6 Å². The highest BCUT2D eigenvalue weighted by Crippen LogP contribution is 2.40. The Kier molecular flexibility index (Phi) is 4.88. The number of piperidine rings is 1. The van der Waals surface area contributed by atoms with Gasteiger partial charge in [-0.1, -0.05) is 30.3 Å². The van der Waals surface area contributed by atoms with Crippen LogP contribution in [0.4, 0.5) is 5.82 Å². The summed E-state index contributed by atoms with van der Waals surface area (Å²) in [6, 6.07) is 14.1. The van der Waals surface area contributed by atoms with Gasteiger partial charge in [0.1, 0.15) is 10.6 Å². The Morgan fingerprint density at radius 1 is 1.10 bits per heavy atom. The first kappa shape index (κ1) is 18.7. The van der Waals surface area contributed by atoms with Gasteiger partial charge < -0.3 is 10.6 Å². The molecule has 1 amide bonds. The predicted octanol–water partition coefficient (Wildman–Crippen LogP) is 4.12. The number of fused-ring (bicyclic) bond motifs is 1. The molecule has 1 aliphatic rings. The van der Waals surface area contributed by atoms with E-state index in [0.717, 1.165) is 52.1 Å². The third kappa shape index (κ3) is 3.41. The minimum Gasteiger partial charge on any atom is -0.369 e. The average molecular weight is 416 g/mol. The summed E-state index contributed by atoms with van der Waals surface area (Å²) in [7, 11) is 0. The average Bonchev–Trinajstić information content (AvgIpc) is 3.24. The van der Waals surface area contributed by atoms with Crippen LogP contribution in [0.2, 0.25) is 0 Å². The normalized spacial score (nSPS) is 16.7. The number of amides is 1. The molecule has 1 aromatic carbocycles. The first-order valence-electron chi connectivity index (χ1n) is 10.00. The van der Waals surface area contributed by atoms with Gasteiger partial charge in [0.15, 0.2) is 5.82 Å². The van der Waals surface area contributed by atoms with Crippen molar-refractivity contribution in [2.75, 3.05) is 18.0 Å². The van der Waals surface area contributed by atoms with E-state index in [9.17, 15) is 4.79 Å². The van der Waals surface area contributed by atoms with Crippen LogP contribution >= 0.6 is 11.3 Å². The molecule has 6 nitrogen and oxygen atoms in total. The molecule has 0 saturated carbocycles. The molecule has 150 valence electrons. The highest BCUT2D eigenvalue weighted by molar-refractivity contribution is 7.17. The van der Waals surface area contributed by atoms with Crippen molar-refractivity contribution in [3.8, 4) is 22.5 Å². The van der Waals surface area contributed by atoms with E-state index in [4.69, 9.17) is 15.7 Å². The predicted molar refractivity (Wildman–Crippen MR) is 120 cm³/mol. The Bertz CT molecular complexity index is 1190. The SMILES string of the molecule is NC(=O)C1CCCN(c2nc(-c3cccnc3)nc3scc(-c4ccccc4)c23)C1. The lowest BCUT2D eigenvalue weighted by molar-refractivity contribution is -0.122. The van der Waals surface area contributed by atoms with Crippen molar-refractivity contribution < 1.29 is 4.79 Å². The Balaban J connectivity index is 1.70. The molecule has 1 unspecified atom stereocenters. The summed E-state index contributed by atoms with van der Waals surface area (Å²) in [6.45, 7) is 1.42. The van der Waals surface area contributed by atoms with Crippen molar-refractivity contribution in [2.24, 2.45) is 11.7 Å². The van der Waals surface area contributed by atoms with Crippen LogP contribution in [-0.2, 0) is 4.79 Å². The number of hydrogen-bond acceptors (Lipinski definition) is 6. The molecule has 0 aliphatic carbocycles. The van der Waals surface area contributed by atoms with Crippen molar-refractivity contribution in [3.05, 3.63) is 60.2 Å². The molecule has 5 rings (SSSR count). The van der Waals surface area contributed by atoms with Crippen LogP contribution in [0.25, 0.3) is 32.7 Å². The number of primary amides is 1. The van der Waals surface area contributed by atoms with E-state index < -0.39 is 0 Å². The summed E-state index contributed by atoms with van der Waals surface area (Å²) in [5.41, 5.74) is 8.76. The van der Waals surface area contributed by atoms with Crippen LogP contribution in [-0.4, -0.2) is 33.9 Å². The number of nitrogens with zero attached hydrogens (tertiary/aromatic N) is 4. The quantitative estimate of drug-likeness (QED) is 0.542. The molecule has 4 heterocycles. The van der Waals surface area contributed by atoms with Gasteiger partial charge in [-0.15, -0.1) is 11.3 Å². The summed E-state index contributed by atoms with van der Waals surface area (Å²) in [5, 5.41) is 3.17. The fourth-order valence-electron chi connectivity index (χ4n) is 4.01. The summed E-state index contributed by atoms with van der Waals surface area (Å²) in [4.78, 5) is 29.1. The van der Waals surface area contributed by atoms with Gasteiger partial charge >= 0.3 is 0 Å². The zero-order valence-corrected chi connectivity index (χ0v) is 17.2. The maximum absolute atomic E-state index is 11.9. The molecule has 4 aromatic rings. The summed E-state index contributed by atoms with van der Waals surface area (Å²) < 4.78 is 0. The van der Waals surface area contributed by atoms with Crippen LogP contribution in [0.3, 0.4) is 0 Å². The zero-order chi connectivity index (χ0) is 20.5. The summed E-state index contributed by atoms with van der Waals surface area (Å²) in [6.07, 6.45) is 5.25. The molecule has 1 aliphatic heterocycles. The van der Waals surface area contributed by atoms with Gasteiger partial charge in [0.2, 0.25) is 5.91 Å². The lowest BCUT2D eigenvalue weighted by atomic mass is 9.97. The van der Waals surface area contributed by atoms with Crippen LogP contribution in [0, 0.1) is 5.92 Å². The standard InChI is InChI=1S/C23H21N5OS/c24-20(29)17-9-5-11-28(13-17)22-19-18(15-6-2-1-3-7-15)14-30-23(19)27-21(26-22)16-8-4-10-25-12-16/h1-4,6-8,10,12,14,17H,5,9,11,13H2,(H2,24,29). The number of hydrogen-bond donors (Lipinski definition) is 1. The molecule has 2 N–H and O–H groups in total. The van der Waals surface area contributed by atoms with E-state index in [1.165, 1.54) is 0 Å². The Hall–Kier alpha value is -3.32. The van der Waals surface area contributed by atoms with Gasteiger partial charge in [-0.3, -0.25) is 9.78 Å². The highest BCUT2D eigenvalue weighted by Gasteiger charge is 2.28. The minimum atomic E-state index is -0.244. The lowest BCUT2D eigenvalue weighted by Crippen LogP contribution is -2.41. The van der Waals surface area contributed by atoms with Gasteiger partial charge in [-0.2, -0.15) is 0 Å². The number of thiophene rings is 1. The molecule has 3 aromatic heterocycles. The van der Waals surface area contributed by atoms with E-state index in [0.29, 0.717) is 12.4 Å². The number of carbonyl (C=O) groups is 1. The topological polar surface area (TPSA) is 85.0 Å². The number of rotatable bonds is 4. The van der Waals surface area contributed by atoms with E-state index >= 15 is 0 Å². The number of pyridine rings is 1. The highest BCUT2D eigenvalue weighted by atomic mass is 32.1. The second-order valence-electron chi connectivity index (χ2n) is 7.50. The largest absolute Gasteiger partial charge is 0.369 e. The molecule has 1 saturated heterocycles. The molecule has 0 spiro atoms. The van der Waals surface area contributed by atoms with Crippen molar-refractivity contribution in [3.63, 3.8) is 0 Å². The van der Waals surface area contributed by atoms with Crippen LogP contribution in [0.15, 0.2) is 60.2 Å². The first-order chi connectivity index (χ1) is 14.7. The van der Waals surface area contributed by atoms with Gasteiger partial charge in [-0.05, 0) is 30.5 Å². The maximum atomic E-state index is 11.9. The summed E-state index contributed by atoms with van der Waals surface area (Å²) in [5.74, 6) is 1.11. The Morgan fingerprint density at radius 2 is 1.93 bits per heavy atom. The molecule has 7 heteroatoms. The molecule has 30 heavy (non-hydrogen) atoms. The number of anilines is 1. The fourth-order valence-corrected chi connectivity index (χ4v) is 4.95. The Labute approximate surface area is 178 Å². The third-order valence-electron chi connectivity index (χ3n) is 5.54. The molecule has 0 bridgehead atoms. The second-order valence-corrected chi connectivity index (χ2v) is 8.35. The molecule has 0 radical (unpaired) electrons. The number of carbonyl (C=O) groups excluding carboxylic acids is 1. The van der Waals surface area contributed by atoms with E-state index in [1.54, 1.807) is 23.7 Å². The molecule has 1 atom stereocenters. The van der Waals surface area contributed by atoms with Gasteiger partial charge in [0.25, 0.3) is 0 Å². The van der Waals surface area contributed by atoms with E-state index in [-0.39, 0.29) is 11.8 Å². The van der Waals surface area contributed by atoms with Crippen LogP contribution in [0.5, 0.6) is 0 Å². The number of nitrogens with two attached hydrogens (primary N) is 1. The van der Waals surface area contributed by atoms with Crippen molar-refractivity contribution >= 4 is 33.3 Å². The summed E-state index contributed by atoms with van der Waals surface area (Å²) >= 11 is 1.61.